The fraction of sp³-hybridized carbons (Fsp3) is 0.700. The smallest absolute Gasteiger partial charge is 0.391 e. The molecule has 0 rings (SSSR count). The van der Waals surface area contributed by atoms with Gasteiger partial charge in [0, 0.05) is 14.5 Å². The predicted octanol–water partition coefficient (Wildman–Crippen LogP) is 4.99. The quantitative estimate of drug-likeness (QED) is 0.284. The van der Waals surface area contributed by atoms with Crippen LogP contribution in [0.2, 0.25) is 25.7 Å². The van der Waals surface area contributed by atoms with Crippen LogP contribution in [0.15, 0.2) is 12.2 Å². The van der Waals surface area contributed by atoms with Crippen LogP contribution in [0, 0.1) is 0 Å². The van der Waals surface area contributed by atoms with E-state index in [2.05, 4.69) is 32.9 Å². The molecule has 17 heavy (non-hydrogen) atoms. The molecule has 0 aromatic carbocycles. The Labute approximate surface area is 126 Å². The van der Waals surface area contributed by atoms with E-state index in [4.69, 9.17) is 40.2 Å². The van der Waals surface area contributed by atoms with Gasteiger partial charge in [-0.1, -0.05) is 31.8 Å². The Morgan fingerprint density at radius 3 is 1.76 bits per heavy atom. The number of hydrogen-bond donors (Lipinski definition) is 0. The van der Waals surface area contributed by atoms with Crippen LogP contribution in [0.3, 0.4) is 0 Å². The summed E-state index contributed by atoms with van der Waals surface area (Å²) >= 11 is 0. The molecule has 0 aliphatic rings. The lowest BCUT2D eigenvalue weighted by Gasteiger charge is -2.16. The Morgan fingerprint density at radius 2 is 1.53 bits per heavy atom. The van der Waals surface area contributed by atoms with Crippen molar-refractivity contribution in [1.82, 2.24) is 0 Å². The monoisotopic (exact) mass is 351 g/mol. The lowest BCUT2D eigenvalue weighted by Crippen LogP contribution is -2.20. The van der Waals surface area contributed by atoms with Crippen molar-refractivity contribution >= 4 is 64.4 Å². The van der Waals surface area contributed by atoms with Crippen molar-refractivity contribution in [3.05, 3.63) is 12.2 Å². The third-order valence-electron chi connectivity index (χ3n) is 1.63. The Bertz CT molecular complexity index is 252. The van der Waals surface area contributed by atoms with Gasteiger partial charge >= 0.3 is 9.39 Å². The molecule has 0 heterocycles. The minimum absolute atomic E-state index is 0.931. The van der Waals surface area contributed by atoms with Gasteiger partial charge in [0.1, 0.15) is 20.3 Å². The van der Waals surface area contributed by atoms with Crippen molar-refractivity contribution in [3.8, 4) is 0 Å². The zero-order valence-electron chi connectivity index (χ0n) is 11.1. The molecule has 7 heteroatoms. The van der Waals surface area contributed by atoms with Crippen molar-refractivity contribution in [2.45, 2.75) is 32.1 Å². The van der Waals surface area contributed by atoms with Gasteiger partial charge in [0.15, 0.2) is 0 Å². The average molecular weight is 353 g/mol. The fourth-order valence-electron chi connectivity index (χ4n) is 1.19. The summed E-state index contributed by atoms with van der Waals surface area (Å²) < 4.78 is 1.97. The first kappa shape index (κ1) is 20.6. The number of rotatable bonds is 5. The SMILES string of the molecule is C=C(CC[N+](=C)C)C[Si](C)(C)C.[Cl][Al-]([Cl])([Cl])[Cl]. The van der Waals surface area contributed by atoms with Gasteiger partial charge in [0.05, 0.1) is 0 Å². The van der Waals surface area contributed by atoms with Crippen LogP contribution in [-0.4, -0.2) is 42.4 Å². The maximum absolute atomic E-state index is 4.99. The highest BCUT2D eigenvalue weighted by molar-refractivity contribution is 7.81. The third kappa shape index (κ3) is 31.7. The maximum atomic E-state index is 4.99. The second-order valence-corrected chi connectivity index (χ2v) is 23.7. The third-order valence-corrected chi connectivity index (χ3v) is 3.19. The normalized spacial score (nSPS) is 11.5. The van der Waals surface area contributed by atoms with E-state index in [9.17, 15) is 0 Å². The molecule has 0 aromatic heterocycles. The van der Waals surface area contributed by atoms with E-state index in [1.807, 2.05) is 11.6 Å². The molecule has 0 aliphatic carbocycles. The van der Waals surface area contributed by atoms with E-state index >= 15 is 0 Å². The topological polar surface area (TPSA) is 3.01 Å². The van der Waals surface area contributed by atoms with Gasteiger partial charge in [-0.25, -0.2) is 4.58 Å². The van der Waals surface area contributed by atoms with Crippen molar-refractivity contribution in [2.75, 3.05) is 13.6 Å². The van der Waals surface area contributed by atoms with E-state index in [-0.39, 0.29) is 0 Å². The largest absolute Gasteiger partial charge is 0.564 e. The summed E-state index contributed by atoms with van der Waals surface area (Å²) in [5, 5.41) is 0. The summed E-state index contributed by atoms with van der Waals surface area (Å²) in [6.07, 6.45) is 1.10. The molecule has 0 bridgehead atoms. The first-order chi connectivity index (χ1) is 7.31. The summed E-state index contributed by atoms with van der Waals surface area (Å²) in [6.45, 7) is 16.1. The molecule has 0 aliphatic heterocycles. The molecule has 0 atom stereocenters. The molecule has 0 radical (unpaired) electrons. The van der Waals surface area contributed by atoms with Crippen LogP contribution in [-0.2, 0) is 0 Å². The lowest BCUT2D eigenvalue weighted by atomic mass is 10.2. The van der Waals surface area contributed by atoms with Crippen molar-refractivity contribution < 1.29 is 4.58 Å². The molecular formula is C10H22AlCl4NSi. The van der Waals surface area contributed by atoms with Crippen molar-refractivity contribution in [1.29, 1.82) is 0 Å². The summed E-state index contributed by atoms with van der Waals surface area (Å²) in [6, 6.07) is 1.25. The van der Waals surface area contributed by atoms with E-state index < -0.39 is 17.5 Å². The summed E-state index contributed by atoms with van der Waals surface area (Å²) in [4.78, 5) is 0. The van der Waals surface area contributed by atoms with Gasteiger partial charge in [0.25, 0.3) is 0 Å². The molecule has 0 saturated carbocycles. The highest BCUT2D eigenvalue weighted by Gasteiger charge is 2.15. The van der Waals surface area contributed by atoms with Crippen LogP contribution in [0.25, 0.3) is 0 Å². The van der Waals surface area contributed by atoms with Gasteiger partial charge in [-0.05, 0) is 6.04 Å². The van der Waals surface area contributed by atoms with Gasteiger partial charge in [-0.3, -0.25) is 0 Å². The number of hydrogen-bond acceptors (Lipinski definition) is 0. The van der Waals surface area contributed by atoms with Crippen LogP contribution in [0.5, 0.6) is 0 Å². The second-order valence-electron chi connectivity index (χ2n) is 5.31. The minimum Gasteiger partial charge on any atom is -0.391 e. The molecule has 0 N–H and O–H groups in total. The Balaban J connectivity index is 0. The number of halogens is 4. The van der Waals surface area contributed by atoms with Gasteiger partial charge in [0.2, 0.25) is 0 Å². The summed E-state index contributed by atoms with van der Waals surface area (Å²) in [7, 11) is 18.1. The first-order valence-corrected chi connectivity index (χ1v) is 16.1. The molecule has 0 amide bonds. The Kier molecular flexibility index (Phi) is 11.2. The predicted molar refractivity (Wildman–Crippen MR) is 89.2 cm³/mol. The van der Waals surface area contributed by atoms with E-state index in [0.717, 1.165) is 13.0 Å². The lowest BCUT2D eigenvalue weighted by molar-refractivity contribution is -0.487. The first-order valence-electron chi connectivity index (χ1n) is 5.37. The summed E-state index contributed by atoms with van der Waals surface area (Å²) in [5.41, 5.74) is 1.39. The van der Waals surface area contributed by atoms with Gasteiger partial charge in [-0.2, -0.15) is 0 Å². The summed E-state index contributed by atoms with van der Waals surface area (Å²) in [5.74, 6) is 0. The Morgan fingerprint density at radius 1 is 1.18 bits per heavy atom. The van der Waals surface area contributed by atoms with Crippen molar-refractivity contribution in [2.24, 2.45) is 0 Å². The van der Waals surface area contributed by atoms with Gasteiger partial charge in [-0.15, -0.1) is 0 Å². The van der Waals surface area contributed by atoms with Crippen LogP contribution in [0.4, 0.5) is 0 Å². The molecule has 102 valence electrons. The highest BCUT2D eigenvalue weighted by atomic mass is 35.9. The zero-order valence-corrected chi connectivity index (χ0v) is 16.3. The number of nitrogens with zero attached hydrogens (tertiary/aromatic N) is 1. The average Bonchev–Trinajstić information content (AvgIpc) is 1.93. The van der Waals surface area contributed by atoms with E-state index in [0.29, 0.717) is 0 Å². The molecule has 0 aromatic rings. The molecule has 0 saturated heterocycles. The highest BCUT2D eigenvalue weighted by Crippen LogP contribution is 2.23. The van der Waals surface area contributed by atoms with E-state index in [1.165, 1.54) is 11.6 Å². The Hall–Kier alpha value is 1.32. The zero-order chi connectivity index (χ0) is 14.3. The second kappa shape index (κ2) is 9.26. The van der Waals surface area contributed by atoms with Crippen LogP contribution >= 0.6 is 40.2 Å². The minimum atomic E-state index is -2.94. The van der Waals surface area contributed by atoms with E-state index in [1.54, 1.807) is 0 Å². The fourth-order valence-corrected chi connectivity index (χ4v) is 2.86. The van der Waals surface area contributed by atoms with Crippen LogP contribution in [0.1, 0.15) is 6.42 Å². The molecule has 0 fully saturated rings. The molecule has 0 spiro atoms. The van der Waals surface area contributed by atoms with Gasteiger partial charge < -0.3 is 40.2 Å². The molecular weight excluding hydrogens is 331 g/mol. The van der Waals surface area contributed by atoms with Crippen LogP contribution < -0.4 is 0 Å². The maximum Gasteiger partial charge on any atom is 0.564 e. The standard InChI is InChI=1S/C10H22NSi.Al.4ClH/c1-10(7-8-11(2)3)9-12(4,5)6;;;;;/h1-2,7-9H2,3-6H3;;4*1H/q+1;+3;;;;/p-4. The molecule has 1 nitrogen and oxygen atoms in total. The molecule has 0 unspecified atom stereocenters. The van der Waals surface area contributed by atoms with Crippen molar-refractivity contribution in [3.63, 3.8) is 0 Å².